The zero-order valence-corrected chi connectivity index (χ0v) is 11.2. The number of ether oxygens (including phenoxy) is 1. The van der Waals surface area contributed by atoms with Gasteiger partial charge in [0.15, 0.2) is 14.1 Å². The number of rotatable bonds is 8. The molecule has 0 aromatic carbocycles. The predicted molar refractivity (Wildman–Crippen MR) is 64.2 cm³/mol. The molecule has 0 aliphatic heterocycles. The van der Waals surface area contributed by atoms with E-state index in [0.717, 1.165) is 19.1 Å². The van der Waals surface area contributed by atoms with Crippen LogP contribution in [-0.4, -0.2) is 27.3 Å². The molecule has 0 rings (SSSR count). The standard InChI is InChI=1S/C11H19NO3Si/c1-5-15-16(3,4)8-6-7-14-10(2)11(13)9-12/h2,5-8H2,1,3-4H3. The van der Waals surface area contributed by atoms with Crippen molar-refractivity contribution < 1.29 is 14.0 Å². The van der Waals surface area contributed by atoms with Gasteiger partial charge in [-0.3, -0.25) is 4.79 Å². The molecule has 0 fully saturated rings. The summed E-state index contributed by atoms with van der Waals surface area (Å²) in [6.07, 6.45) is 0.816. The average molecular weight is 241 g/mol. The zero-order chi connectivity index (χ0) is 12.6. The summed E-state index contributed by atoms with van der Waals surface area (Å²) in [5, 5.41) is 8.31. The Kier molecular flexibility index (Phi) is 6.69. The van der Waals surface area contributed by atoms with Crippen LogP contribution in [0.5, 0.6) is 0 Å². The molecule has 0 spiro atoms. The lowest BCUT2D eigenvalue weighted by Crippen LogP contribution is -2.30. The Morgan fingerprint density at radius 1 is 1.50 bits per heavy atom. The van der Waals surface area contributed by atoms with Crippen LogP contribution in [0.1, 0.15) is 13.3 Å². The van der Waals surface area contributed by atoms with Gasteiger partial charge in [0.25, 0.3) is 5.78 Å². The molecule has 0 amide bonds. The van der Waals surface area contributed by atoms with Gasteiger partial charge in [-0.1, -0.05) is 6.58 Å². The zero-order valence-electron chi connectivity index (χ0n) is 10.2. The van der Waals surface area contributed by atoms with E-state index in [9.17, 15) is 4.79 Å². The summed E-state index contributed by atoms with van der Waals surface area (Å²) in [7, 11) is -1.57. The Bertz CT molecular complexity index is 294. The number of carbonyl (C=O) groups excluding carboxylic acids is 1. The predicted octanol–water partition coefficient (Wildman–Crippen LogP) is 2.24. The maximum absolute atomic E-state index is 10.8. The topological polar surface area (TPSA) is 59.3 Å². The van der Waals surface area contributed by atoms with Crippen molar-refractivity contribution in [3.8, 4) is 6.07 Å². The summed E-state index contributed by atoms with van der Waals surface area (Å²) in [6.45, 7) is 10.8. The summed E-state index contributed by atoms with van der Waals surface area (Å²) in [4.78, 5) is 10.8. The normalized spacial score (nSPS) is 10.6. The second-order valence-corrected chi connectivity index (χ2v) is 8.32. The van der Waals surface area contributed by atoms with Gasteiger partial charge < -0.3 is 9.16 Å². The molecule has 16 heavy (non-hydrogen) atoms. The van der Waals surface area contributed by atoms with E-state index in [0.29, 0.717) is 6.61 Å². The summed E-state index contributed by atoms with van der Waals surface area (Å²) in [5.74, 6) is -0.778. The average Bonchev–Trinajstić information content (AvgIpc) is 2.22. The van der Waals surface area contributed by atoms with Crippen molar-refractivity contribution in [1.82, 2.24) is 0 Å². The van der Waals surface area contributed by atoms with Crippen LogP contribution in [0.2, 0.25) is 19.1 Å². The number of nitrogens with zero attached hydrogens (tertiary/aromatic N) is 1. The highest BCUT2D eigenvalue weighted by molar-refractivity contribution is 6.71. The molecular formula is C11H19NO3Si. The van der Waals surface area contributed by atoms with Gasteiger partial charge in [-0.2, -0.15) is 5.26 Å². The van der Waals surface area contributed by atoms with Crippen LogP contribution < -0.4 is 0 Å². The van der Waals surface area contributed by atoms with Gasteiger partial charge in [0.1, 0.15) is 6.07 Å². The van der Waals surface area contributed by atoms with E-state index in [1.807, 2.05) is 6.92 Å². The van der Waals surface area contributed by atoms with E-state index in [4.69, 9.17) is 14.4 Å². The summed E-state index contributed by atoms with van der Waals surface area (Å²) < 4.78 is 10.7. The molecule has 0 aromatic rings. The number of Topliss-reactive ketones (excluding diaryl/α,β-unsaturated/α-hetero) is 1. The van der Waals surface area contributed by atoms with Crippen molar-refractivity contribution in [2.45, 2.75) is 32.5 Å². The second-order valence-electron chi connectivity index (χ2n) is 4.01. The van der Waals surface area contributed by atoms with Gasteiger partial charge in [-0.15, -0.1) is 0 Å². The highest BCUT2D eigenvalue weighted by Gasteiger charge is 2.21. The van der Waals surface area contributed by atoms with Crippen molar-refractivity contribution in [3.05, 3.63) is 12.3 Å². The smallest absolute Gasteiger partial charge is 0.295 e. The fourth-order valence-corrected chi connectivity index (χ4v) is 3.21. The lowest BCUT2D eigenvalue weighted by atomic mass is 10.4. The minimum absolute atomic E-state index is 0.0709. The molecule has 90 valence electrons. The Labute approximate surface area is 98.0 Å². The molecule has 0 atom stereocenters. The van der Waals surface area contributed by atoms with E-state index in [1.165, 1.54) is 6.07 Å². The largest absolute Gasteiger partial charge is 0.489 e. The number of nitriles is 1. The van der Waals surface area contributed by atoms with Gasteiger partial charge in [0, 0.05) is 6.61 Å². The molecule has 0 radical (unpaired) electrons. The Hall–Kier alpha value is -1.12. The van der Waals surface area contributed by atoms with Crippen LogP contribution in [0, 0.1) is 11.3 Å². The third-order valence-corrected chi connectivity index (χ3v) is 4.72. The number of hydrogen-bond donors (Lipinski definition) is 0. The van der Waals surface area contributed by atoms with Gasteiger partial charge in [-0.05, 0) is 32.5 Å². The van der Waals surface area contributed by atoms with Gasteiger partial charge >= 0.3 is 0 Å². The van der Waals surface area contributed by atoms with Crippen LogP contribution in [0.3, 0.4) is 0 Å². The minimum atomic E-state index is -1.57. The first-order chi connectivity index (χ1) is 7.43. The molecule has 0 saturated carbocycles. The molecule has 0 aliphatic rings. The molecule has 0 aliphatic carbocycles. The van der Waals surface area contributed by atoms with Crippen LogP contribution in [0.15, 0.2) is 12.3 Å². The van der Waals surface area contributed by atoms with Gasteiger partial charge in [-0.25, -0.2) is 0 Å². The molecule has 0 aromatic heterocycles. The van der Waals surface area contributed by atoms with Crippen molar-refractivity contribution in [3.63, 3.8) is 0 Å². The van der Waals surface area contributed by atoms with E-state index < -0.39 is 14.1 Å². The Morgan fingerprint density at radius 2 is 2.12 bits per heavy atom. The third-order valence-electron chi connectivity index (χ3n) is 2.09. The second kappa shape index (κ2) is 7.20. The fraction of sp³-hybridized carbons (Fsp3) is 0.636. The maximum atomic E-state index is 10.8. The lowest BCUT2D eigenvalue weighted by Gasteiger charge is -2.21. The number of hydrogen-bond acceptors (Lipinski definition) is 4. The number of allylic oxidation sites excluding steroid dienone is 1. The van der Waals surface area contributed by atoms with Crippen molar-refractivity contribution >= 4 is 14.1 Å². The fourth-order valence-electron chi connectivity index (χ4n) is 1.28. The van der Waals surface area contributed by atoms with Crippen LogP contribution in [0.4, 0.5) is 0 Å². The summed E-state index contributed by atoms with van der Waals surface area (Å²) in [5.41, 5.74) is 0. The highest BCUT2D eigenvalue weighted by atomic mass is 28.4. The SMILES string of the molecule is C=C(OCCC[Si](C)(C)OCC)C(=O)C#N. The molecule has 0 N–H and O–H groups in total. The van der Waals surface area contributed by atoms with Gasteiger partial charge in [0.2, 0.25) is 0 Å². The van der Waals surface area contributed by atoms with Crippen LogP contribution >= 0.6 is 0 Å². The van der Waals surface area contributed by atoms with E-state index in [2.05, 4.69) is 19.7 Å². The quantitative estimate of drug-likeness (QED) is 0.215. The summed E-state index contributed by atoms with van der Waals surface area (Å²) in [6, 6.07) is 2.43. The molecule has 0 heterocycles. The first-order valence-electron chi connectivity index (χ1n) is 5.33. The number of carbonyl (C=O) groups is 1. The molecule has 5 heteroatoms. The molecular weight excluding hydrogens is 222 g/mol. The van der Waals surface area contributed by atoms with Crippen LogP contribution in [-0.2, 0) is 14.0 Å². The lowest BCUT2D eigenvalue weighted by molar-refractivity contribution is -0.113. The third kappa shape index (κ3) is 6.38. The summed E-state index contributed by atoms with van der Waals surface area (Å²) >= 11 is 0. The van der Waals surface area contributed by atoms with E-state index in [-0.39, 0.29) is 5.76 Å². The van der Waals surface area contributed by atoms with Crippen LogP contribution in [0.25, 0.3) is 0 Å². The monoisotopic (exact) mass is 241 g/mol. The number of ketones is 1. The van der Waals surface area contributed by atoms with Crippen molar-refractivity contribution in [2.75, 3.05) is 13.2 Å². The molecule has 0 bridgehead atoms. The van der Waals surface area contributed by atoms with E-state index >= 15 is 0 Å². The van der Waals surface area contributed by atoms with E-state index in [1.54, 1.807) is 0 Å². The molecule has 4 nitrogen and oxygen atoms in total. The van der Waals surface area contributed by atoms with Gasteiger partial charge in [0.05, 0.1) is 6.61 Å². The Morgan fingerprint density at radius 3 is 2.62 bits per heavy atom. The first kappa shape index (κ1) is 14.9. The minimum Gasteiger partial charge on any atom is -0.489 e. The van der Waals surface area contributed by atoms with Crippen molar-refractivity contribution in [1.29, 1.82) is 5.26 Å². The highest BCUT2D eigenvalue weighted by Crippen LogP contribution is 2.13. The first-order valence-corrected chi connectivity index (χ1v) is 8.44. The Balaban J connectivity index is 3.73. The molecule has 0 saturated heterocycles. The maximum Gasteiger partial charge on any atom is 0.295 e. The van der Waals surface area contributed by atoms with Crippen molar-refractivity contribution in [2.24, 2.45) is 0 Å². The molecule has 0 unspecified atom stereocenters.